The molecule has 0 aliphatic carbocycles. The molecule has 6 nitrogen and oxygen atoms in total. The van der Waals surface area contributed by atoms with Gasteiger partial charge in [0.15, 0.2) is 0 Å². The van der Waals surface area contributed by atoms with Gasteiger partial charge in [0.25, 0.3) is 0 Å². The van der Waals surface area contributed by atoms with E-state index in [1.165, 1.54) is 0 Å². The van der Waals surface area contributed by atoms with E-state index in [4.69, 9.17) is 9.47 Å². The lowest BCUT2D eigenvalue weighted by Crippen LogP contribution is -2.49. The zero-order valence-corrected chi connectivity index (χ0v) is 14.4. The first-order chi connectivity index (χ1) is 12.2. The lowest BCUT2D eigenvalue weighted by atomic mass is 10.0. The second kappa shape index (κ2) is 8.97. The molecule has 0 bridgehead atoms. The number of hydrogen-bond donors (Lipinski definition) is 2. The van der Waals surface area contributed by atoms with Gasteiger partial charge in [0.2, 0.25) is 11.8 Å². The van der Waals surface area contributed by atoms with Crippen LogP contribution in [0.1, 0.15) is 31.2 Å². The van der Waals surface area contributed by atoms with E-state index in [9.17, 15) is 9.59 Å². The molecule has 0 radical (unpaired) electrons. The van der Waals surface area contributed by atoms with Crippen molar-refractivity contribution in [2.24, 2.45) is 0 Å². The number of carbonyl (C=O) groups excluding carboxylic acids is 2. The third-order valence-electron chi connectivity index (χ3n) is 4.64. The summed E-state index contributed by atoms with van der Waals surface area (Å²) in [5.41, 5.74) is 1.12. The first-order valence-electron chi connectivity index (χ1n) is 9.07. The minimum Gasteiger partial charge on any atom is -0.368 e. The Morgan fingerprint density at radius 3 is 2.24 bits per heavy atom. The molecule has 0 spiro atoms. The minimum atomic E-state index is -0.368. The van der Waals surface area contributed by atoms with Crippen molar-refractivity contribution in [3.05, 3.63) is 35.9 Å². The standard InChI is InChI=1S/C19H26N2O4/c22-18(16-8-4-10-24-16)20-13-15(12-14-6-2-1-3-7-14)21-19(23)17-9-5-11-25-17/h1-3,6-7,15-17H,4-5,8-13H2,(H,20,22)(H,21,23)/t15-,16+,17+/m0/s1. The summed E-state index contributed by atoms with van der Waals surface area (Å²) in [6, 6.07) is 9.77. The van der Waals surface area contributed by atoms with Gasteiger partial charge in [-0.05, 0) is 37.7 Å². The van der Waals surface area contributed by atoms with E-state index in [1.807, 2.05) is 30.3 Å². The van der Waals surface area contributed by atoms with Crippen molar-refractivity contribution in [2.75, 3.05) is 19.8 Å². The number of carbonyl (C=O) groups is 2. The Balaban J connectivity index is 1.56. The number of rotatable bonds is 7. The van der Waals surface area contributed by atoms with Crippen molar-refractivity contribution < 1.29 is 19.1 Å². The van der Waals surface area contributed by atoms with Crippen LogP contribution < -0.4 is 10.6 Å². The Morgan fingerprint density at radius 1 is 1.00 bits per heavy atom. The van der Waals surface area contributed by atoms with Crippen molar-refractivity contribution in [3.8, 4) is 0 Å². The Labute approximate surface area is 148 Å². The van der Waals surface area contributed by atoms with Gasteiger partial charge in [-0.25, -0.2) is 0 Å². The zero-order valence-electron chi connectivity index (χ0n) is 14.4. The van der Waals surface area contributed by atoms with E-state index in [2.05, 4.69) is 10.6 Å². The predicted octanol–water partition coefficient (Wildman–Crippen LogP) is 1.19. The van der Waals surface area contributed by atoms with Crippen LogP contribution in [-0.4, -0.2) is 49.8 Å². The molecule has 0 aromatic heterocycles. The summed E-state index contributed by atoms with van der Waals surface area (Å²) in [6.07, 6.45) is 3.28. The molecule has 1 aromatic rings. The molecule has 2 N–H and O–H groups in total. The van der Waals surface area contributed by atoms with Gasteiger partial charge in [-0.2, -0.15) is 0 Å². The zero-order chi connectivity index (χ0) is 17.5. The summed E-state index contributed by atoms with van der Waals surface area (Å²) in [6.45, 7) is 1.66. The van der Waals surface area contributed by atoms with Crippen LogP contribution in [0.25, 0.3) is 0 Å². The molecule has 25 heavy (non-hydrogen) atoms. The smallest absolute Gasteiger partial charge is 0.249 e. The van der Waals surface area contributed by atoms with Crippen LogP contribution in [0.5, 0.6) is 0 Å². The lowest BCUT2D eigenvalue weighted by molar-refractivity contribution is -0.132. The quantitative estimate of drug-likeness (QED) is 0.777. The van der Waals surface area contributed by atoms with Crippen molar-refractivity contribution in [2.45, 2.75) is 50.4 Å². The van der Waals surface area contributed by atoms with Crippen LogP contribution in [0, 0.1) is 0 Å². The van der Waals surface area contributed by atoms with Crippen molar-refractivity contribution >= 4 is 11.8 Å². The van der Waals surface area contributed by atoms with E-state index >= 15 is 0 Å². The molecule has 6 heteroatoms. The van der Waals surface area contributed by atoms with Crippen LogP contribution in [0.4, 0.5) is 0 Å². The molecule has 3 rings (SSSR count). The Morgan fingerprint density at radius 2 is 1.64 bits per heavy atom. The van der Waals surface area contributed by atoms with Crippen LogP contribution in [0.2, 0.25) is 0 Å². The highest BCUT2D eigenvalue weighted by Crippen LogP contribution is 2.13. The molecule has 136 valence electrons. The summed E-state index contributed by atoms with van der Waals surface area (Å²) < 4.78 is 10.9. The highest BCUT2D eigenvalue weighted by atomic mass is 16.5. The minimum absolute atomic E-state index is 0.0928. The molecule has 3 atom stereocenters. The van der Waals surface area contributed by atoms with Gasteiger partial charge in [-0.3, -0.25) is 9.59 Å². The number of hydrogen-bond acceptors (Lipinski definition) is 4. The fourth-order valence-electron chi connectivity index (χ4n) is 3.27. The molecule has 2 amide bonds. The summed E-state index contributed by atoms with van der Waals surface area (Å²) in [4.78, 5) is 24.5. The molecule has 0 unspecified atom stereocenters. The molecule has 2 aliphatic heterocycles. The number of benzene rings is 1. The Kier molecular flexibility index (Phi) is 6.42. The fraction of sp³-hybridized carbons (Fsp3) is 0.579. The lowest BCUT2D eigenvalue weighted by Gasteiger charge is -2.22. The topological polar surface area (TPSA) is 76.7 Å². The van der Waals surface area contributed by atoms with Crippen LogP contribution in [0.15, 0.2) is 30.3 Å². The summed E-state index contributed by atoms with van der Waals surface area (Å²) in [7, 11) is 0. The van der Waals surface area contributed by atoms with Gasteiger partial charge in [0.1, 0.15) is 12.2 Å². The fourth-order valence-corrected chi connectivity index (χ4v) is 3.27. The Hall–Kier alpha value is -1.92. The highest BCUT2D eigenvalue weighted by molar-refractivity contribution is 5.82. The van der Waals surface area contributed by atoms with Gasteiger partial charge in [0.05, 0.1) is 6.04 Å². The first kappa shape index (κ1) is 17.9. The van der Waals surface area contributed by atoms with Gasteiger partial charge >= 0.3 is 0 Å². The van der Waals surface area contributed by atoms with E-state index in [1.54, 1.807) is 0 Å². The predicted molar refractivity (Wildman–Crippen MR) is 93.0 cm³/mol. The van der Waals surface area contributed by atoms with E-state index in [0.29, 0.717) is 26.2 Å². The normalized spacial score (nSPS) is 24.0. The monoisotopic (exact) mass is 346 g/mol. The van der Waals surface area contributed by atoms with E-state index in [0.717, 1.165) is 31.2 Å². The van der Waals surface area contributed by atoms with Crippen LogP contribution >= 0.6 is 0 Å². The maximum absolute atomic E-state index is 12.4. The number of ether oxygens (including phenoxy) is 2. The van der Waals surface area contributed by atoms with Crippen LogP contribution in [0.3, 0.4) is 0 Å². The summed E-state index contributed by atoms with van der Waals surface area (Å²) in [5, 5.41) is 5.96. The molecular formula is C19H26N2O4. The van der Waals surface area contributed by atoms with Gasteiger partial charge in [-0.1, -0.05) is 30.3 Å². The SMILES string of the molecule is O=C(NC[C@H](Cc1ccccc1)NC(=O)[C@H]1CCCO1)[C@H]1CCCO1. The average molecular weight is 346 g/mol. The van der Waals surface area contributed by atoms with Crippen molar-refractivity contribution in [1.82, 2.24) is 10.6 Å². The second-order valence-corrected chi connectivity index (χ2v) is 6.64. The molecule has 0 saturated carbocycles. The number of amides is 2. The number of nitrogens with one attached hydrogen (secondary N) is 2. The highest BCUT2D eigenvalue weighted by Gasteiger charge is 2.27. The van der Waals surface area contributed by atoms with E-state index in [-0.39, 0.29) is 30.1 Å². The molecular weight excluding hydrogens is 320 g/mol. The maximum Gasteiger partial charge on any atom is 0.249 e. The summed E-state index contributed by atoms with van der Waals surface area (Å²) in [5.74, 6) is -0.188. The van der Waals surface area contributed by atoms with Gasteiger partial charge in [0, 0.05) is 19.8 Å². The maximum atomic E-state index is 12.4. The van der Waals surface area contributed by atoms with Gasteiger partial charge in [-0.15, -0.1) is 0 Å². The second-order valence-electron chi connectivity index (χ2n) is 6.64. The third-order valence-corrected chi connectivity index (χ3v) is 4.64. The first-order valence-corrected chi connectivity index (χ1v) is 9.07. The van der Waals surface area contributed by atoms with E-state index < -0.39 is 0 Å². The van der Waals surface area contributed by atoms with Crippen molar-refractivity contribution in [3.63, 3.8) is 0 Å². The van der Waals surface area contributed by atoms with Gasteiger partial charge < -0.3 is 20.1 Å². The Bertz CT molecular complexity index is 566. The molecule has 2 aliphatic rings. The van der Waals surface area contributed by atoms with Crippen LogP contribution in [-0.2, 0) is 25.5 Å². The molecule has 2 heterocycles. The molecule has 1 aromatic carbocycles. The largest absolute Gasteiger partial charge is 0.368 e. The van der Waals surface area contributed by atoms with Crippen molar-refractivity contribution in [1.29, 1.82) is 0 Å². The molecule has 2 fully saturated rings. The third kappa shape index (κ3) is 5.28. The summed E-state index contributed by atoms with van der Waals surface area (Å²) >= 11 is 0. The molecule has 2 saturated heterocycles. The average Bonchev–Trinajstić information content (AvgIpc) is 3.33.